The lowest BCUT2D eigenvalue weighted by Crippen LogP contribution is -2.48. The fraction of sp³-hybridized carbons (Fsp3) is 0.559. The molecule has 3 unspecified atom stereocenters. The van der Waals surface area contributed by atoms with Crippen LogP contribution >= 0.6 is 11.6 Å². The van der Waals surface area contributed by atoms with E-state index >= 15 is 0 Å². The first kappa shape index (κ1) is 34.7. The molecule has 3 atom stereocenters. The van der Waals surface area contributed by atoms with E-state index in [1.807, 2.05) is 39.0 Å². The molecule has 0 aromatic heterocycles. The van der Waals surface area contributed by atoms with Crippen LogP contribution in [0.4, 0.5) is 5.69 Å². The third-order valence-corrected chi connectivity index (χ3v) is 8.88. The Bertz CT molecular complexity index is 1340. The lowest BCUT2D eigenvalue weighted by atomic mass is 9.85. The van der Waals surface area contributed by atoms with Crippen LogP contribution in [0.25, 0.3) is 0 Å². The van der Waals surface area contributed by atoms with Gasteiger partial charge in [-0.2, -0.15) is 0 Å². The third-order valence-electron chi connectivity index (χ3n) is 8.65. The van der Waals surface area contributed by atoms with Gasteiger partial charge in [-0.1, -0.05) is 37.6 Å². The number of aliphatic hydroxyl groups is 1. The van der Waals surface area contributed by atoms with Gasteiger partial charge >= 0.3 is 0 Å². The lowest BCUT2D eigenvalue weighted by molar-refractivity contribution is -0.144. The van der Waals surface area contributed by atoms with E-state index in [2.05, 4.69) is 0 Å². The molecule has 1 N–H and O–H groups in total. The molecule has 2 heterocycles. The van der Waals surface area contributed by atoms with Crippen LogP contribution in [0.15, 0.2) is 36.4 Å². The van der Waals surface area contributed by atoms with Crippen molar-refractivity contribution in [3.05, 3.63) is 52.5 Å². The number of rotatable bonds is 13. The number of carbonyl (C=O) groups excluding carboxylic acids is 3. The van der Waals surface area contributed by atoms with E-state index < -0.39 is 23.5 Å². The van der Waals surface area contributed by atoms with Crippen LogP contribution in [0.1, 0.15) is 57.3 Å². The number of amides is 2. The van der Waals surface area contributed by atoms with Crippen molar-refractivity contribution in [1.82, 2.24) is 4.90 Å². The molecule has 2 amide bonds. The van der Waals surface area contributed by atoms with Crippen molar-refractivity contribution in [3.8, 4) is 11.5 Å². The zero-order chi connectivity index (χ0) is 32.7. The lowest BCUT2D eigenvalue weighted by Gasteiger charge is -2.35. The number of hydrogen-bond acceptors (Lipinski definition) is 8. The Hall–Kier alpha value is -3.18. The number of aldehydes is 1. The molecule has 4 rings (SSSR count). The van der Waals surface area contributed by atoms with Crippen molar-refractivity contribution in [3.63, 3.8) is 0 Å². The van der Waals surface area contributed by atoms with Crippen molar-refractivity contribution in [2.75, 3.05) is 58.6 Å². The summed E-state index contributed by atoms with van der Waals surface area (Å²) in [5.41, 5.74) is 1.50. The van der Waals surface area contributed by atoms with Crippen LogP contribution in [-0.4, -0.2) is 87.9 Å². The summed E-state index contributed by atoms with van der Waals surface area (Å²) in [5.74, 6) is -0.0239. The standard InChI is InChI=1S/C34H45ClN2O8/c1-6-44-21-34(2,3)20-37-27-11-10-24(35)16-26(27)31(25-8-7-9-28(42-4)32(25)43-5)45-29(33(37)41)17-30(40)36-14-12-22(13-15-36)23(18-38)19-39/h7-11,16,18,22-23,29,31,39H,6,12-15,17,19-21H2,1-5H3. The molecule has 0 radical (unpaired) electrons. The van der Waals surface area contributed by atoms with Gasteiger partial charge in [0.15, 0.2) is 11.5 Å². The fourth-order valence-electron chi connectivity index (χ4n) is 6.25. The molecule has 2 aromatic rings. The number of halogens is 1. The maximum atomic E-state index is 14.5. The molecule has 2 aliphatic rings. The summed E-state index contributed by atoms with van der Waals surface area (Å²) in [6.07, 6.45) is -0.118. The van der Waals surface area contributed by atoms with Gasteiger partial charge in [0.2, 0.25) is 5.91 Å². The maximum absolute atomic E-state index is 14.5. The third kappa shape index (κ3) is 7.98. The van der Waals surface area contributed by atoms with Crippen LogP contribution < -0.4 is 14.4 Å². The predicted octanol–water partition coefficient (Wildman–Crippen LogP) is 4.68. The van der Waals surface area contributed by atoms with E-state index in [0.717, 1.165) is 6.29 Å². The second kappa shape index (κ2) is 15.4. The van der Waals surface area contributed by atoms with Gasteiger partial charge in [-0.05, 0) is 49.9 Å². The number of hydrogen-bond donors (Lipinski definition) is 1. The van der Waals surface area contributed by atoms with E-state index in [1.165, 1.54) is 0 Å². The molecular formula is C34H45ClN2O8. The van der Waals surface area contributed by atoms with Gasteiger partial charge in [-0.25, -0.2) is 0 Å². The number of methoxy groups -OCH3 is 2. The number of ether oxygens (including phenoxy) is 4. The highest BCUT2D eigenvalue weighted by Crippen LogP contribution is 2.45. The molecule has 2 aromatic carbocycles. The molecule has 0 spiro atoms. The number of para-hydroxylation sites is 1. The number of carbonyl (C=O) groups is 3. The molecule has 1 saturated heterocycles. The first-order valence-corrected chi connectivity index (χ1v) is 15.8. The molecule has 0 saturated carbocycles. The second-order valence-electron chi connectivity index (χ2n) is 12.4. The minimum absolute atomic E-state index is 0.0135. The van der Waals surface area contributed by atoms with E-state index in [-0.39, 0.29) is 30.8 Å². The quantitative estimate of drug-likeness (QED) is 0.313. The van der Waals surface area contributed by atoms with Gasteiger partial charge in [-0.3, -0.25) is 9.59 Å². The van der Waals surface area contributed by atoms with E-state index in [4.69, 9.17) is 30.5 Å². The normalized spacial score (nSPS) is 19.9. The van der Waals surface area contributed by atoms with E-state index in [1.54, 1.807) is 42.2 Å². The Labute approximate surface area is 270 Å². The Kier molecular flexibility index (Phi) is 11.9. The fourth-order valence-corrected chi connectivity index (χ4v) is 6.43. The first-order valence-electron chi connectivity index (χ1n) is 15.5. The molecule has 246 valence electrons. The minimum atomic E-state index is -1.12. The zero-order valence-corrected chi connectivity index (χ0v) is 27.5. The van der Waals surface area contributed by atoms with Gasteiger partial charge in [0, 0.05) is 59.4 Å². The Morgan fingerprint density at radius 3 is 2.51 bits per heavy atom. The van der Waals surface area contributed by atoms with Gasteiger partial charge in [-0.15, -0.1) is 0 Å². The first-order chi connectivity index (χ1) is 21.6. The molecule has 11 heteroatoms. The van der Waals surface area contributed by atoms with Crippen LogP contribution in [0.5, 0.6) is 11.5 Å². The summed E-state index contributed by atoms with van der Waals surface area (Å²) in [7, 11) is 3.09. The summed E-state index contributed by atoms with van der Waals surface area (Å²) in [6, 6.07) is 10.8. The number of aliphatic hydroxyl groups excluding tert-OH is 1. The smallest absolute Gasteiger partial charge is 0.256 e. The topological polar surface area (TPSA) is 115 Å². The molecular weight excluding hydrogens is 600 g/mol. The summed E-state index contributed by atoms with van der Waals surface area (Å²) in [5, 5.41) is 10.0. The van der Waals surface area contributed by atoms with E-state index in [9.17, 15) is 19.5 Å². The predicted molar refractivity (Wildman–Crippen MR) is 171 cm³/mol. The molecule has 45 heavy (non-hydrogen) atoms. The Morgan fingerprint density at radius 2 is 1.89 bits per heavy atom. The van der Waals surface area contributed by atoms with Crippen LogP contribution in [-0.2, 0) is 23.9 Å². The molecule has 10 nitrogen and oxygen atoms in total. The van der Waals surface area contributed by atoms with E-state index in [0.29, 0.717) is 79.0 Å². The molecule has 0 bridgehead atoms. The van der Waals surface area contributed by atoms with Crippen molar-refractivity contribution < 1.29 is 38.4 Å². The Morgan fingerprint density at radius 1 is 1.16 bits per heavy atom. The number of anilines is 1. The minimum Gasteiger partial charge on any atom is -0.493 e. The van der Waals surface area contributed by atoms with Crippen molar-refractivity contribution >= 4 is 35.4 Å². The SMILES string of the molecule is CCOCC(C)(C)CN1C(=O)C(CC(=O)N2CCC(C(C=O)CO)CC2)OC(c2cccc(OC)c2OC)c2cc(Cl)ccc21. The largest absolute Gasteiger partial charge is 0.493 e. The summed E-state index contributed by atoms with van der Waals surface area (Å²) in [4.78, 5) is 43.0. The average Bonchev–Trinajstić information content (AvgIpc) is 3.14. The number of benzene rings is 2. The summed E-state index contributed by atoms with van der Waals surface area (Å²) >= 11 is 6.54. The molecule has 0 aliphatic carbocycles. The van der Waals surface area contributed by atoms with Gasteiger partial charge < -0.3 is 38.6 Å². The Balaban J connectivity index is 1.74. The highest BCUT2D eigenvalue weighted by molar-refractivity contribution is 6.30. The highest BCUT2D eigenvalue weighted by atomic mass is 35.5. The average molecular weight is 645 g/mol. The zero-order valence-electron chi connectivity index (χ0n) is 26.8. The van der Waals surface area contributed by atoms with Crippen molar-refractivity contribution in [2.24, 2.45) is 17.3 Å². The maximum Gasteiger partial charge on any atom is 0.256 e. The van der Waals surface area contributed by atoms with Crippen molar-refractivity contribution in [2.45, 2.75) is 52.2 Å². The van der Waals surface area contributed by atoms with Crippen molar-refractivity contribution in [1.29, 1.82) is 0 Å². The van der Waals surface area contributed by atoms with Crippen LogP contribution in [0.2, 0.25) is 5.02 Å². The molecule has 1 fully saturated rings. The number of likely N-dealkylation sites (tertiary alicyclic amines) is 1. The molecule has 2 aliphatic heterocycles. The van der Waals surface area contributed by atoms with Gasteiger partial charge in [0.05, 0.1) is 33.9 Å². The number of nitrogens with zero attached hydrogens (tertiary/aromatic N) is 2. The van der Waals surface area contributed by atoms with Crippen LogP contribution in [0.3, 0.4) is 0 Å². The second-order valence-corrected chi connectivity index (χ2v) is 12.9. The van der Waals surface area contributed by atoms with Gasteiger partial charge in [0.25, 0.3) is 5.91 Å². The summed E-state index contributed by atoms with van der Waals surface area (Å²) in [6.45, 7) is 7.94. The van der Waals surface area contributed by atoms with Gasteiger partial charge in [0.1, 0.15) is 18.5 Å². The summed E-state index contributed by atoms with van der Waals surface area (Å²) < 4.78 is 23.8. The monoisotopic (exact) mass is 644 g/mol. The number of piperidine rings is 1. The van der Waals surface area contributed by atoms with Crippen LogP contribution in [0, 0.1) is 17.3 Å². The number of fused-ring (bicyclic) bond motifs is 1. The highest BCUT2D eigenvalue weighted by Gasteiger charge is 2.41.